The SMILES string of the molecule is CCOc1ccc(-c2ncc(C(=O)O)n2CC)cc1OC. The van der Waals surface area contributed by atoms with Gasteiger partial charge in [-0.3, -0.25) is 0 Å². The van der Waals surface area contributed by atoms with Crippen LogP contribution >= 0.6 is 0 Å². The number of carboxylic acid groups (broad SMARTS) is 1. The van der Waals surface area contributed by atoms with Crippen LogP contribution in [0.5, 0.6) is 11.5 Å². The lowest BCUT2D eigenvalue weighted by atomic mass is 10.2. The number of imidazole rings is 1. The van der Waals surface area contributed by atoms with Gasteiger partial charge in [-0.25, -0.2) is 9.78 Å². The van der Waals surface area contributed by atoms with Crippen LogP contribution in [-0.2, 0) is 6.54 Å². The van der Waals surface area contributed by atoms with E-state index in [4.69, 9.17) is 14.6 Å². The van der Waals surface area contributed by atoms with E-state index in [-0.39, 0.29) is 5.69 Å². The molecule has 112 valence electrons. The van der Waals surface area contributed by atoms with Crippen molar-refractivity contribution in [1.29, 1.82) is 0 Å². The molecular formula is C15H18N2O4. The Kier molecular flexibility index (Phi) is 4.47. The fraction of sp³-hybridized carbons (Fsp3) is 0.333. The molecule has 1 N–H and O–H groups in total. The Balaban J connectivity index is 2.49. The minimum Gasteiger partial charge on any atom is -0.493 e. The third-order valence-corrected chi connectivity index (χ3v) is 3.11. The molecular weight excluding hydrogens is 272 g/mol. The first-order chi connectivity index (χ1) is 10.1. The highest BCUT2D eigenvalue weighted by Crippen LogP contribution is 2.32. The van der Waals surface area contributed by atoms with Gasteiger partial charge >= 0.3 is 5.97 Å². The Morgan fingerprint density at radius 3 is 2.67 bits per heavy atom. The summed E-state index contributed by atoms with van der Waals surface area (Å²) in [5, 5.41) is 9.17. The topological polar surface area (TPSA) is 73.6 Å². The molecule has 0 aliphatic carbocycles. The van der Waals surface area contributed by atoms with Crippen molar-refractivity contribution in [2.24, 2.45) is 0 Å². The van der Waals surface area contributed by atoms with Crippen molar-refractivity contribution < 1.29 is 19.4 Å². The zero-order chi connectivity index (χ0) is 15.4. The lowest BCUT2D eigenvalue weighted by molar-refractivity contribution is 0.0685. The van der Waals surface area contributed by atoms with Crippen LogP contribution in [0.4, 0.5) is 0 Å². The third kappa shape index (κ3) is 2.84. The molecule has 0 aliphatic rings. The average molecular weight is 290 g/mol. The predicted octanol–water partition coefficient (Wildman–Crippen LogP) is 2.68. The molecule has 0 saturated heterocycles. The first-order valence-electron chi connectivity index (χ1n) is 6.72. The number of ether oxygens (including phenoxy) is 2. The molecule has 0 amide bonds. The van der Waals surface area contributed by atoms with Crippen LogP contribution in [0.25, 0.3) is 11.4 Å². The molecule has 6 nitrogen and oxygen atoms in total. The maximum Gasteiger partial charge on any atom is 0.354 e. The molecule has 0 bridgehead atoms. The van der Waals surface area contributed by atoms with Crippen LogP contribution in [-0.4, -0.2) is 34.3 Å². The highest BCUT2D eigenvalue weighted by molar-refractivity contribution is 5.86. The van der Waals surface area contributed by atoms with Gasteiger partial charge in [0.2, 0.25) is 0 Å². The lowest BCUT2D eigenvalue weighted by Crippen LogP contribution is -2.08. The number of aromatic carboxylic acids is 1. The first-order valence-corrected chi connectivity index (χ1v) is 6.72. The second-order valence-corrected chi connectivity index (χ2v) is 4.32. The highest BCUT2D eigenvalue weighted by Gasteiger charge is 2.17. The van der Waals surface area contributed by atoms with Crippen molar-refractivity contribution in [3.8, 4) is 22.9 Å². The minimum absolute atomic E-state index is 0.167. The molecule has 1 heterocycles. The smallest absolute Gasteiger partial charge is 0.354 e. The zero-order valence-electron chi connectivity index (χ0n) is 12.3. The van der Waals surface area contributed by atoms with Crippen molar-refractivity contribution in [3.63, 3.8) is 0 Å². The van der Waals surface area contributed by atoms with Gasteiger partial charge in [-0.05, 0) is 32.0 Å². The highest BCUT2D eigenvalue weighted by atomic mass is 16.5. The maximum absolute atomic E-state index is 11.2. The van der Waals surface area contributed by atoms with E-state index in [1.165, 1.54) is 6.20 Å². The Hall–Kier alpha value is -2.50. The van der Waals surface area contributed by atoms with Gasteiger partial charge < -0.3 is 19.1 Å². The number of benzene rings is 1. The van der Waals surface area contributed by atoms with Crippen LogP contribution < -0.4 is 9.47 Å². The molecule has 0 fully saturated rings. The Labute approximate surface area is 122 Å². The molecule has 2 aromatic rings. The summed E-state index contributed by atoms with van der Waals surface area (Å²) in [6.07, 6.45) is 1.37. The van der Waals surface area contributed by atoms with Gasteiger partial charge in [0.1, 0.15) is 11.5 Å². The van der Waals surface area contributed by atoms with Crippen molar-refractivity contribution >= 4 is 5.97 Å². The predicted molar refractivity (Wildman–Crippen MR) is 78.0 cm³/mol. The number of nitrogens with zero attached hydrogens (tertiary/aromatic N) is 2. The number of carboxylic acids is 1. The molecule has 1 aromatic carbocycles. The van der Waals surface area contributed by atoms with Gasteiger partial charge in [-0.1, -0.05) is 0 Å². The molecule has 0 saturated carbocycles. The number of rotatable bonds is 6. The summed E-state index contributed by atoms with van der Waals surface area (Å²) in [7, 11) is 1.57. The summed E-state index contributed by atoms with van der Waals surface area (Å²) in [4.78, 5) is 15.4. The number of aromatic nitrogens is 2. The molecule has 6 heteroatoms. The number of methoxy groups -OCH3 is 1. The molecule has 0 radical (unpaired) electrons. The molecule has 21 heavy (non-hydrogen) atoms. The van der Waals surface area contributed by atoms with E-state index in [2.05, 4.69) is 4.98 Å². The van der Waals surface area contributed by atoms with Crippen LogP contribution in [0, 0.1) is 0 Å². The summed E-state index contributed by atoms with van der Waals surface area (Å²) in [5.41, 5.74) is 0.949. The molecule has 0 atom stereocenters. The van der Waals surface area contributed by atoms with Crippen LogP contribution in [0.3, 0.4) is 0 Å². The molecule has 1 aromatic heterocycles. The van der Waals surface area contributed by atoms with Crippen LogP contribution in [0.15, 0.2) is 24.4 Å². The Bertz CT molecular complexity index is 649. The maximum atomic E-state index is 11.2. The van der Waals surface area contributed by atoms with Gasteiger partial charge in [-0.2, -0.15) is 0 Å². The molecule has 0 spiro atoms. The van der Waals surface area contributed by atoms with Gasteiger partial charge in [0.25, 0.3) is 0 Å². The van der Waals surface area contributed by atoms with E-state index in [0.29, 0.717) is 30.5 Å². The van der Waals surface area contributed by atoms with Crippen molar-refractivity contribution in [3.05, 3.63) is 30.1 Å². The fourth-order valence-corrected chi connectivity index (χ4v) is 2.18. The summed E-state index contributed by atoms with van der Waals surface area (Å²) < 4.78 is 12.4. The zero-order valence-corrected chi connectivity index (χ0v) is 12.3. The standard InChI is InChI=1S/C15H18N2O4/c1-4-17-11(15(18)19)9-16-14(17)10-6-7-12(21-5-2)13(8-10)20-3/h6-9H,4-5H2,1-3H3,(H,18,19). The van der Waals surface area contributed by atoms with E-state index in [1.54, 1.807) is 23.8 Å². The quantitative estimate of drug-likeness (QED) is 0.885. The minimum atomic E-state index is -0.992. The van der Waals surface area contributed by atoms with Crippen molar-refractivity contribution in [2.75, 3.05) is 13.7 Å². The summed E-state index contributed by atoms with van der Waals surface area (Å²) >= 11 is 0. The van der Waals surface area contributed by atoms with E-state index in [0.717, 1.165) is 5.56 Å². The monoisotopic (exact) mass is 290 g/mol. The van der Waals surface area contributed by atoms with E-state index in [1.807, 2.05) is 19.9 Å². The van der Waals surface area contributed by atoms with E-state index < -0.39 is 5.97 Å². The second kappa shape index (κ2) is 6.30. The molecule has 2 rings (SSSR count). The fourth-order valence-electron chi connectivity index (χ4n) is 2.18. The van der Waals surface area contributed by atoms with Crippen molar-refractivity contribution in [2.45, 2.75) is 20.4 Å². The summed E-state index contributed by atoms with van der Waals surface area (Å²) in [6.45, 7) is 4.84. The summed E-state index contributed by atoms with van der Waals surface area (Å²) in [6, 6.07) is 5.44. The Morgan fingerprint density at radius 1 is 1.33 bits per heavy atom. The van der Waals surface area contributed by atoms with Gasteiger partial charge in [-0.15, -0.1) is 0 Å². The van der Waals surface area contributed by atoms with Gasteiger partial charge in [0.05, 0.1) is 19.9 Å². The first kappa shape index (κ1) is 14.9. The summed E-state index contributed by atoms with van der Waals surface area (Å²) in [5.74, 6) is 0.846. The van der Waals surface area contributed by atoms with E-state index in [9.17, 15) is 4.79 Å². The third-order valence-electron chi connectivity index (χ3n) is 3.11. The number of hydrogen-bond donors (Lipinski definition) is 1. The molecule has 0 unspecified atom stereocenters. The largest absolute Gasteiger partial charge is 0.493 e. The second-order valence-electron chi connectivity index (χ2n) is 4.32. The van der Waals surface area contributed by atoms with E-state index >= 15 is 0 Å². The number of carbonyl (C=O) groups is 1. The normalized spacial score (nSPS) is 10.4. The van der Waals surface area contributed by atoms with Crippen LogP contribution in [0.2, 0.25) is 0 Å². The van der Waals surface area contributed by atoms with Gasteiger partial charge in [0, 0.05) is 12.1 Å². The average Bonchev–Trinajstić information content (AvgIpc) is 2.92. The van der Waals surface area contributed by atoms with Crippen molar-refractivity contribution in [1.82, 2.24) is 9.55 Å². The van der Waals surface area contributed by atoms with Gasteiger partial charge in [0.15, 0.2) is 11.5 Å². The Morgan fingerprint density at radius 2 is 2.10 bits per heavy atom. The lowest BCUT2D eigenvalue weighted by Gasteiger charge is -2.12. The van der Waals surface area contributed by atoms with Crippen LogP contribution in [0.1, 0.15) is 24.3 Å². The molecule has 0 aliphatic heterocycles. The number of hydrogen-bond acceptors (Lipinski definition) is 4.